The van der Waals surface area contributed by atoms with Gasteiger partial charge in [-0.05, 0) is 37.5 Å². The van der Waals surface area contributed by atoms with Gasteiger partial charge in [-0.3, -0.25) is 0 Å². The molecule has 1 aliphatic rings. The number of benzene rings is 1. The number of aromatic amines is 1. The molecule has 1 aromatic heterocycles. The molecule has 3 nitrogen and oxygen atoms in total. The Morgan fingerprint density at radius 2 is 2.24 bits per heavy atom. The first-order chi connectivity index (χ1) is 8.29. The Bertz CT molecular complexity index is 601. The van der Waals surface area contributed by atoms with Crippen molar-refractivity contribution in [3.8, 4) is 0 Å². The average Bonchev–Trinajstić information content (AvgIpc) is 2.68. The van der Waals surface area contributed by atoms with Gasteiger partial charge in [-0.1, -0.05) is 5.16 Å². The van der Waals surface area contributed by atoms with Crippen LogP contribution in [0.3, 0.4) is 0 Å². The third kappa shape index (κ3) is 1.60. The fourth-order valence-corrected chi connectivity index (χ4v) is 2.50. The molecule has 4 heteroatoms. The van der Waals surface area contributed by atoms with Gasteiger partial charge in [0, 0.05) is 22.2 Å². The second-order valence-corrected chi connectivity index (χ2v) is 4.24. The van der Waals surface area contributed by atoms with Crippen LogP contribution in [0.5, 0.6) is 0 Å². The summed E-state index contributed by atoms with van der Waals surface area (Å²) in [6.07, 6.45) is 2.91. The van der Waals surface area contributed by atoms with Crippen LogP contribution in [0.15, 0.2) is 23.4 Å². The standard InChI is InChI=1S/C13H13FN2O/c1-17-16-12-4-2-3-11-13(12)9-7-8(14)5-6-10(9)15-11/h5-7,15H,2-4H2,1H3/b16-12-. The van der Waals surface area contributed by atoms with Gasteiger partial charge in [0.25, 0.3) is 0 Å². The molecule has 0 radical (unpaired) electrons. The number of nitrogens with one attached hydrogen (secondary N) is 1. The van der Waals surface area contributed by atoms with Gasteiger partial charge in [0.1, 0.15) is 12.9 Å². The monoisotopic (exact) mass is 232 g/mol. The van der Waals surface area contributed by atoms with Crippen molar-refractivity contribution >= 4 is 16.6 Å². The molecule has 0 atom stereocenters. The lowest BCUT2D eigenvalue weighted by atomic mass is 9.94. The van der Waals surface area contributed by atoms with E-state index < -0.39 is 0 Å². The highest BCUT2D eigenvalue weighted by Gasteiger charge is 2.21. The van der Waals surface area contributed by atoms with E-state index in [0.29, 0.717) is 0 Å². The lowest BCUT2D eigenvalue weighted by molar-refractivity contribution is 0.212. The van der Waals surface area contributed by atoms with Crippen LogP contribution in [0.1, 0.15) is 24.1 Å². The van der Waals surface area contributed by atoms with Crippen LogP contribution >= 0.6 is 0 Å². The summed E-state index contributed by atoms with van der Waals surface area (Å²) < 4.78 is 13.3. The summed E-state index contributed by atoms with van der Waals surface area (Å²) in [6, 6.07) is 4.80. The van der Waals surface area contributed by atoms with E-state index in [-0.39, 0.29) is 5.82 Å². The van der Waals surface area contributed by atoms with Gasteiger partial charge in [-0.2, -0.15) is 0 Å². The summed E-state index contributed by atoms with van der Waals surface area (Å²) in [4.78, 5) is 8.20. The zero-order valence-corrected chi connectivity index (χ0v) is 9.59. The molecule has 0 fully saturated rings. The van der Waals surface area contributed by atoms with Gasteiger partial charge in [0.15, 0.2) is 0 Å². The first-order valence-corrected chi connectivity index (χ1v) is 5.70. The number of oxime groups is 1. The first-order valence-electron chi connectivity index (χ1n) is 5.70. The second kappa shape index (κ2) is 3.87. The molecule has 0 saturated heterocycles. The van der Waals surface area contributed by atoms with Gasteiger partial charge < -0.3 is 9.82 Å². The minimum absolute atomic E-state index is 0.221. The maximum Gasteiger partial charge on any atom is 0.123 e. The predicted octanol–water partition coefficient (Wildman–Crippen LogP) is 2.99. The van der Waals surface area contributed by atoms with Crippen molar-refractivity contribution in [1.29, 1.82) is 0 Å². The summed E-state index contributed by atoms with van der Waals surface area (Å²) >= 11 is 0. The van der Waals surface area contributed by atoms with Crippen molar-refractivity contribution in [3.05, 3.63) is 35.3 Å². The van der Waals surface area contributed by atoms with Crippen molar-refractivity contribution in [1.82, 2.24) is 4.98 Å². The number of halogens is 1. The van der Waals surface area contributed by atoms with E-state index in [0.717, 1.165) is 47.1 Å². The number of rotatable bonds is 1. The quantitative estimate of drug-likeness (QED) is 0.754. The highest BCUT2D eigenvalue weighted by Crippen LogP contribution is 2.30. The zero-order valence-electron chi connectivity index (χ0n) is 9.59. The fraction of sp³-hybridized carbons (Fsp3) is 0.308. The van der Waals surface area contributed by atoms with Crippen LogP contribution in [0.2, 0.25) is 0 Å². The molecule has 0 amide bonds. The van der Waals surface area contributed by atoms with Crippen LogP contribution in [-0.4, -0.2) is 17.8 Å². The second-order valence-electron chi connectivity index (χ2n) is 4.24. The molecule has 0 spiro atoms. The van der Waals surface area contributed by atoms with Gasteiger partial charge in [0.2, 0.25) is 0 Å². The molecule has 1 aromatic carbocycles. The van der Waals surface area contributed by atoms with Crippen molar-refractivity contribution < 1.29 is 9.23 Å². The lowest BCUT2D eigenvalue weighted by Gasteiger charge is -2.13. The van der Waals surface area contributed by atoms with Crippen molar-refractivity contribution in [2.24, 2.45) is 5.16 Å². The van der Waals surface area contributed by atoms with Gasteiger partial charge in [-0.15, -0.1) is 0 Å². The molecule has 1 N–H and O–H groups in total. The van der Waals surface area contributed by atoms with E-state index in [1.807, 2.05) is 0 Å². The Hall–Kier alpha value is -1.84. The number of aryl methyl sites for hydroxylation is 1. The highest BCUT2D eigenvalue weighted by molar-refractivity contribution is 6.12. The molecular formula is C13H13FN2O. The predicted molar refractivity (Wildman–Crippen MR) is 64.7 cm³/mol. The molecule has 3 rings (SSSR count). The van der Waals surface area contributed by atoms with E-state index in [1.54, 1.807) is 12.1 Å². The molecule has 1 aliphatic carbocycles. The van der Waals surface area contributed by atoms with Crippen molar-refractivity contribution in [2.75, 3.05) is 7.11 Å². The largest absolute Gasteiger partial charge is 0.399 e. The van der Waals surface area contributed by atoms with E-state index in [2.05, 4.69) is 10.1 Å². The Morgan fingerprint density at radius 3 is 3.06 bits per heavy atom. The summed E-state index contributed by atoms with van der Waals surface area (Å²) in [6.45, 7) is 0. The third-order valence-electron chi connectivity index (χ3n) is 3.17. The van der Waals surface area contributed by atoms with Gasteiger partial charge in [-0.25, -0.2) is 4.39 Å². The maximum atomic E-state index is 13.3. The van der Waals surface area contributed by atoms with Crippen LogP contribution in [0, 0.1) is 5.82 Å². The minimum Gasteiger partial charge on any atom is -0.399 e. The number of aromatic nitrogens is 1. The fourth-order valence-electron chi connectivity index (χ4n) is 2.50. The third-order valence-corrected chi connectivity index (χ3v) is 3.17. The van der Waals surface area contributed by atoms with Gasteiger partial charge >= 0.3 is 0 Å². The normalized spacial score (nSPS) is 17.4. The molecule has 0 bridgehead atoms. The van der Waals surface area contributed by atoms with E-state index >= 15 is 0 Å². The Morgan fingerprint density at radius 1 is 1.35 bits per heavy atom. The molecule has 0 aliphatic heterocycles. The number of nitrogens with zero attached hydrogens (tertiary/aromatic N) is 1. The maximum absolute atomic E-state index is 13.3. The molecule has 0 saturated carbocycles. The average molecular weight is 232 g/mol. The minimum atomic E-state index is -0.221. The summed E-state index contributed by atoms with van der Waals surface area (Å²) in [5.74, 6) is -0.221. The van der Waals surface area contributed by atoms with E-state index in [4.69, 9.17) is 4.84 Å². The molecule has 17 heavy (non-hydrogen) atoms. The topological polar surface area (TPSA) is 37.4 Å². The first kappa shape index (κ1) is 10.3. The van der Waals surface area contributed by atoms with Crippen molar-refractivity contribution in [2.45, 2.75) is 19.3 Å². The summed E-state index contributed by atoms with van der Waals surface area (Å²) in [7, 11) is 1.54. The van der Waals surface area contributed by atoms with E-state index in [9.17, 15) is 4.39 Å². The molecular weight excluding hydrogens is 219 g/mol. The Balaban J connectivity index is 2.29. The number of hydrogen-bond acceptors (Lipinski definition) is 2. The smallest absolute Gasteiger partial charge is 0.123 e. The number of H-pyrrole nitrogens is 1. The van der Waals surface area contributed by atoms with Crippen molar-refractivity contribution in [3.63, 3.8) is 0 Å². The molecule has 88 valence electrons. The van der Waals surface area contributed by atoms with Crippen LogP contribution < -0.4 is 0 Å². The Kier molecular flexibility index (Phi) is 2.35. The SMILES string of the molecule is CO/N=C1/CCCc2[nH]c3ccc(F)cc3c21. The zero-order chi connectivity index (χ0) is 11.8. The molecule has 0 unspecified atom stereocenters. The molecule has 1 heterocycles. The highest BCUT2D eigenvalue weighted by atomic mass is 19.1. The number of hydrogen-bond donors (Lipinski definition) is 1. The Labute approximate surface area is 98.3 Å². The van der Waals surface area contributed by atoms with Crippen LogP contribution in [0.25, 0.3) is 10.9 Å². The lowest BCUT2D eigenvalue weighted by Crippen LogP contribution is -2.11. The summed E-state index contributed by atoms with van der Waals surface area (Å²) in [5, 5.41) is 4.95. The number of fused-ring (bicyclic) bond motifs is 3. The van der Waals surface area contributed by atoms with E-state index in [1.165, 1.54) is 13.2 Å². The van der Waals surface area contributed by atoms with Crippen LogP contribution in [0.4, 0.5) is 4.39 Å². The molecule has 2 aromatic rings. The van der Waals surface area contributed by atoms with Crippen LogP contribution in [-0.2, 0) is 11.3 Å². The van der Waals surface area contributed by atoms with Gasteiger partial charge in [0.05, 0.1) is 5.71 Å². The summed E-state index contributed by atoms with van der Waals surface area (Å²) in [5.41, 5.74) is 4.02.